The number of nitriles is 1. The van der Waals surface area contributed by atoms with E-state index in [0.29, 0.717) is 0 Å². The summed E-state index contributed by atoms with van der Waals surface area (Å²) in [6.45, 7) is 12.0. The normalized spacial score (nSPS) is 18.6. The Bertz CT molecular complexity index is 291. The highest BCUT2D eigenvalue weighted by Gasteiger charge is 2.29. The zero-order chi connectivity index (χ0) is 14.3. The van der Waals surface area contributed by atoms with Crippen LogP contribution in [0.1, 0.15) is 59.8 Å². The van der Waals surface area contributed by atoms with Gasteiger partial charge in [0.05, 0.1) is 6.07 Å². The monoisotopic (exact) mass is 265 g/mol. The fraction of sp³-hybridized carbons (Fsp3) is 0.938. The molecule has 19 heavy (non-hydrogen) atoms. The first-order valence-electron chi connectivity index (χ1n) is 7.91. The minimum atomic E-state index is -0.336. The van der Waals surface area contributed by atoms with Gasteiger partial charge in [-0.2, -0.15) is 5.26 Å². The van der Waals surface area contributed by atoms with Gasteiger partial charge in [0.15, 0.2) is 0 Å². The SMILES string of the molecule is CCNC(C)(C#N)CCCCN(CC(C)C)C1CC1. The van der Waals surface area contributed by atoms with Crippen LogP contribution in [0.3, 0.4) is 0 Å². The van der Waals surface area contributed by atoms with Gasteiger partial charge in [0.1, 0.15) is 5.54 Å². The Kier molecular flexibility index (Phi) is 6.82. The van der Waals surface area contributed by atoms with Crippen LogP contribution >= 0.6 is 0 Å². The van der Waals surface area contributed by atoms with Crippen molar-refractivity contribution in [2.24, 2.45) is 5.92 Å². The van der Waals surface area contributed by atoms with Crippen molar-refractivity contribution in [3.8, 4) is 6.07 Å². The molecule has 0 saturated heterocycles. The molecule has 0 aromatic rings. The van der Waals surface area contributed by atoms with Crippen molar-refractivity contribution in [1.29, 1.82) is 5.26 Å². The quantitative estimate of drug-likeness (QED) is 0.617. The zero-order valence-corrected chi connectivity index (χ0v) is 13.2. The first kappa shape index (κ1) is 16.5. The van der Waals surface area contributed by atoms with E-state index in [-0.39, 0.29) is 5.54 Å². The molecule has 3 nitrogen and oxygen atoms in total. The van der Waals surface area contributed by atoms with Crippen LogP contribution in [-0.2, 0) is 0 Å². The lowest BCUT2D eigenvalue weighted by Gasteiger charge is -2.26. The van der Waals surface area contributed by atoms with E-state index in [2.05, 4.69) is 37.1 Å². The maximum absolute atomic E-state index is 9.22. The molecule has 110 valence electrons. The van der Waals surface area contributed by atoms with E-state index in [1.54, 1.807) is 0 Å². The van der Waals surface area contributed by atoms with E-state index in [0.717, 1.165) is 31.3 Å². The van der Waals surface area contributed by atoms with Crippen molar-refractivity contribution in [3.63, 3.8) is 0 Å². The largest absolute Gasteiger partial charge is 0.300 e. The van der Waals surface area contributed by atoms with Crippen molar-refractivity contribution in [3.05, 3.63) is 0 Å². The molecular formula is C16H31N3. The minimum Gasteiger partial charge on any atom is -0.300 e. The second kappa shape index (κ2) is 7.87. The summed E-state index contributed by atoms with van der Waals surface area (Å²) in [5.74, 6) is 0.756. The predicted molar refractivity (Wildman–Crippen MR) is 81.0 cm³/mol. The van der Waals surface area contributed by atoms with Crippen LogP contribution in [0, 0.1) is 17.2 Å². The van der Waals surface area contributed by atoms with E-state index in [1.807, 2.05) is 6.92 Å². The van der Waals surface area contributed by atoms with E-state index in [4.69, 9.17) is 0 Å². The zero-order valence-electron chi connectivity index (χ0n) is 13.2. The first-order chi connectivity index (χ1) is 9.00. The summed E-state index contributed by atoms with van der Waals surface area (Å²) in [6.07, 6.45) is 6.09. The molecule has 0 heterocycles. The summed E-state index contributed by atoms with van der Waals surface area (Å²) in [5.41, 5.74) is -0.336. The van der Waals surface area contributed by atoms with E-state index >= 15 is 0 Å². The molecular weight excluding hydrogens is 234 g/mol. The highest BCUT2D eigenvalue weighted by molar-refractivity contribution is 5.03. The summed E-state index contributed by atoms with van der Waals surface area (Å²) >= 11 is 0. The Morgan fingerprint density at radius 1 is 1.37 bits per heavy atom. The van der Waals surface area contributed by atoms with Crippen molar-refractivity contribution < 1.29 is 0 Å². The summed E-state index contributed by atoms with van der Waals surface area (Å²) in [6, 6.07) is 3.27. The number of unbranched alkanes of at least 4 members (excludes halogenated alkanes) is 1. The van der Waals surface area contributed by atoms with Crippen molar-refractivity contribution >= 4 is 0 Å². The molecule has 0 aromatic heterocycles. The van der Waals surface area contributed by atoms with Gasteiger partial charge in [0.25, 0.3) is 0 Å². The summed E-state index contributed by atoms with van der Waals surface area (Å²) < 4.78 is 0. The molecule has 3 heteroatoms. The Morgan fingerprint density at radius 2 is 2.05 bits per heavy atom. The number of nitrogens with zero attached hydrogens (tertiary/aromatic N) is 2. The van der Waals surface area contributed by atoms with Crippen LogP contribution in [0.5, 0.6) is 0 Å². The van der Waals surface area contributed by atoms with Gasteiger partial charge >= 0.3 is 0 Å². The molecule has 0 aromatic carbocycles. The third-order valence-electron chi connectivity index (χ3n) is 3.85. The molecule has 1 saturated carbocycles. The second-order valence-corrected chi connectivity index (χ2v) is 6.55. The fourth-order valence-electron chi connectivity index (χ4n) is 2.70. The third-order valence-corrected chi connectivity index (χ3v) is 3.85. The maximum Gasteiger partial charge on any atom is 0.103 e. The first-order valence-corrected chi connectivity index (χ1v) is 7.91. The van der Waals surface area contributed by atoms with Gasteiger partial charge < -0.3 is 4.90 Å². The minimum absolute atomic E-state index is 0.336. The smallest absolute Gasteiger partial charge is 0.103 e. The van der Waals surface area contributed by atoms with Gasteiger partial charge in [-0.1, -0.05) is 20.8 Å². The van der Waals surface area contributed by atoms with Gasteiger partial charge in [0.2, 0.25) is 0 Å². The lowest BCUT2D eigenvalue weighted by molar-refractivity contribution is 0.227. The Morgan fingerprint density at radius 3 is 2.53 bits per heavy atom. The van der Waals surface area contributed by atoms with Crippen LogP contribution in [0.2, 0.25) is 0 Å². The average molecular weight is 265 g/mol. The summed E-state index contributed by atoms with van der Waals surface area (Å²) in [4.78, 5) is 2.65. The van der Waals surface area contributed by atoms with Crippen LogP contribution in [0.15, 0.2) is 0 Å². The Labute approximate surface area is 119 Å². The Hall–Kier alpha value is -0.590. The van der Waals surface area contributed by atoms with E-state index in [9.17, 15) is 5.26 Å². The van der Waals surface area contributed by atoms with Crippen molar-refractivity contribution in [1.82, 2.24) is 10.2 Å². The van der Waals surface area contributed by atoms with E-state index in [1.165, 1.54) is 32.4 Å². The van der Waals surface area contributed by atoms with Crippen LogP contribution in [0.4, 0.5) is 0 Å². The fourth-order valence-corrected chi connectivity index (χ4v) is 2.70. The summed E-state index contributed by atoms with van der Waals surface area (Å²) in [5, 5.41) is 12.5. The maximum atomic E-state index is 9.22. The van der Waals surface area contributed by atoms with E-state index < -0.39 is 0 Å². The highest BCUT2D eigenvalue weighted by atomic mass is 15.2. The molecule has 1 unspecified atom stereocenters. The molecule has 1 rings (SSSR count). The number of rotatable bonds is 10. The molecule has 0 bridgehead atoms. The van der Waals surface area contributed by atoms with Gasteiger partial charge in [-0.3, -0.25) is 5.32 Å². The number of nitrogens with one attached hydrogen (secondary N) is 1. The van der Waals surface area contributed by atoms with Crippen LogP contribution in [0.25, 0.3) is 0 Å². The topological polar surface area (TPSA) is 39.1 Å². The van der Waals surface area contributed by atoms with Gasteiger partial charge in [-0.15, -0.1) is 0 Å². The molecule has 0 amide bonds. The molecule has 1 aliphatic rings. The third kappa shape index (κ3) is 6.40. The highest BCUT2D eigenvalue weighted by Crippen LogP contribution is 2.28. The van der Waals surface area contributed by atoms with Crippen LogP contribution in [-0.4, -0.2) is 36.1 Å². The predicted octanol–water partition coefficient (Wildman–Crippen LogP) is 3.17. The molecule has 1 fully saturated rings. The lowest BCUT2D eigenvalue weighted by atomic mass is 9.96. The van der Waals surface area contributed by atoms with Crippen LogP contribution < -0.4 is 5.32 Å². The molecule has 0 radical (unpaired) electrons. The molecule has 0 aliphatic heterocycles. The second-order valence-electron chi connectivity index (χ2n) is 6.55. The number of hydrogen-bond acceptors (Lipinski definition) is 3. The standard InChI is InChI=1S/C16H31N3/c1-5-18-16(4,13-17)10-6-7-11-19(12-14(2)3)15-8-9-15/h14-15,18H,5-12H2,1-4H3. The Balaban J connectivity index is 2.23. The molecule has 0 spiro atoms. The average Bonchev–Trinajstić information content (AvgIpc) is 3.17. The van der Waals surface area contributed by atoms with Gasteiger partial charge in [-0.05, 0) is 58.0 Å². The summed E-state index contributed by atoms with van der Waals surface area (Å²) in [7, 11) is 0. The van der Waals surface area contributed by atoms with Gasteiger partial charge in [-0.25, -0.2) is 0 Å². The molecule has 1 N–H and O–H groups in total. The van der Waals surface area contributed by atoms with Crippen molar-refractivity contribution in [2.75, 3.05) is 19.6 Å². The number of hydrogen-bond donors (Lipinski definition) is 1. The molecule has 1 aliphatic carbocycles. The van der Waals surface area contributed by atoms with Crippen molar-refractivity contribution in [2.45, 2.75) is 71.4 Å². The lowest BCUT2D eigenvalue weighted by Crippen LogP contribution is -2.40. The molecule has 1 atom stereocenters. The van der Waals surface area contributed by atoms with Gasteiger partial charge in [0, 0.05) is 12.6 Å².